The number of rotatable bonds is 8. The van der Waals surface area contributed by atoms with Crippen LogP contribution in [0.15, 0.2) is 48.7 Å². The first-order chi connectivity index (χ1) is 15.0. The predicted molar refractivity (Wildman–Crippen MR) is 109 cm³/mol. The van der Waals surface area contributed by atoms with Crippen molar-refractivity contribution < 1.29 is 23.4 Å². The van der Waals surface area contributed by atoms with Crippen LogP contribution >= 0.6 is 0 Å². The van der Waals surface area contributed by atoms with Gasteiger partial charge in [-0.05, 0) is 24.3 Å². The van der Waals surface area contributed by atoms with E-state index in [-0.39, 0.29) is 5.69 Å². The van der Waals surface area contributed by atoms with Crippen molar-refractivity contribution in [1.82, 2.24) is 20.0 Å². The van der Waals surface area contributed by atoms with Crippen LogP contribution in [-0.4, -0.2) is 51.4 Å². The van der Waals surface area contributed by atoms with E-state index in [2.05, 4.69) is 15.3 Å². The van der Waals surface area contributed by atoms with Crippen molar-refractivity contribution in [2.45, 2.75) is 0 Å². The molecule has 4 aromatic rings. The van der Waals surface area contributed by atoms with Crippen LogP contribution in [0.2, 0.25) is 0 Å². The molecule has 2 heterocycles. The highest BCUT2D eigenvalue weighted by Crippen LogP contribution is 2.26. The van der Waals surface area contributed by atoms with E-state index in [1.165, 1.54) is 10.9 Å². The van der Waals surface area contributed by atoms with Gasteiger partial charge in [0.15, 0.2) is 17.4 Å². The average Bonchev–Trinajstić information content (AvgIpc) is 3.27. The van der Waals surface area contributed by atoms with Gasteiger partial charge in [-0.2, -0.15) is 0 Å². The molecular formula is C21H19F2N5O3. The molecule has 31 heavy (non-hydrogen) atoms. The van der Waals surface area contributed by atoms with Crippen LogP contribution in [0.3, 0.4) is 0 Å². The van der Waals surface area contributed by atoms with Crippen molar-refractivity contribution >= 4 is 10.9 Å². The van der Waals surface area contributed by atoms with Crippen molar-refractivity contribution in [3.05, 3.63) is 60.3 Å². The summed E-state index contributed by atoms with van der Waals surface area (Å²) in [5.41, 5.74) is 7.14. The number of aromatic hydroxyl groups is 1. The van der Waals surface area contributed by atoms with Gasteiger partial charge < -0.3 is 20.3 Å². The highest BCUT2D eigenvalue weighted by atomic mass is 19.1. The number of ether oxygens (including phenoxy) is 2. The fourth-order valence-electron chi connectivity index (χ4n) is 2.93. The third-order valence-electron chi connectivity index (χ3n) is 4.44. The molecule has 0 spiro atoms. The third kappa shape index (κ3) is 4.60. The number of hydrogen-bond donors (Lipinski definition) is 2. The summed E-state index contributed by atoms with van der Waals surface area (Å²) in [5, 5.41) is 18.0. The van der Waals surface area contributed by atoms with E-state index in [9.17, 15) is 13.9 Å². The molecule has 0 aliphatic heterocycles. The summed E-state index contributed by atoms with van der Waals surface area (Å²) >= 11 is 0. The number of pyridine rings is 1. The van der Waals surface area contributed by atoms with E-state index in [0.29, 0.717) is 43.5 Å². The van der Waals surface area contributed by atoms with Crippen LogP contribution in [0.5, 0.6) is 11.5 Å². The summed E-state index contributed by atoms with van der Waals surface area (Å²) in [6, 6.07) is 11.1. The molecule has 0 fully saturated rings. The standard InChI is InChI=1S/C21H19F2N5O3/c22-16-10-14(11-17(23)21(16)29)28-12-20(26-27-28)19-3-1-13-9-15(2-4-18(13)25-19)31-8-7-30-6-5-24/h1-4,9-12,29H,5-8,24H2. The second kappa shape index (κ2) is 9.02. The lowest BCUT2D eigenvalue weighted by Crippen LogP contribution is -2.13. The SMILES string of the molecule is NCCOCCOc1ccc2nc(-c3cn(-c4cc(F)c(O)c(F)c4)nn3)ccc2c1. The fourth-order valence-corrected chi connectivity index (χ4v) is 2.93. The van der Waals surface area contributed by atoms with Crippen LogP contribution in [0, 0.1) is 11.6 Å². The molecule has 2 aromatic carbocycles. The Kier molecular flexibility index (Phi) is 6.01. The number of nitrogens with two attached hydrogens (primary N) is 1. The van der Waals surface area contributed by atoms with Crippen molar-refractivity contribution in [2.75, 3.05) is 26.4 Å². The van der Waals surface area contributed by atoms with Gasteiger partial charge in [0.25, 0.3) is 0 Å². The molecule has 0 bridgehead atoms. The Morgan fingerprint density at radius 1 is 0.968 bits per heavy atom. The molecule has 0 saturated heterocycles. The number of nitrogens with zero attached hydrogens (tertiary/aromatic N) is 4. The monoisotopic (exact) mass is 427 g/mol. The third-order valence-corrected chi connectivity index (χ3v) is 4.44. The van der Waals surface area contributed by atoms with Gasteiger partial charge in [0.1, 0.15) is 18.1 Å². The summed E-state index contributed by atoms with van der Waals surface area (Å²) in [7, 11) is 0. The van der Waals surface area contributed by atoms with Crippen LogP contribution < -0.4 is 10.5 Å². The lowest BCUT2D eigenvalue weighted by Gasteiger charge is -2.08. The zero-order valence-electron chi connectivity index (χ0n) is 16.3. The summed E-state index contributed by atoms with van der Waals surface area (Å²) in [4.78, 5) is 4.57. The van der Waals surface area contributed by atoms with E-state index in [4.69, 9.17) is 15.2 Å². The molecular weight excluding hydrogens is 408 g/mol. The van der Waals surface area contributed by atoms with Crippen molar-refractivity contribution in [1.29, 1.82) is 0 Å². The van der Waals surface area contributed by atoms with E-state index in [0.717, 1.165) is 23.0 Å². The summed E-state index contributed by atoms with van der Waals surface area (Å²) < 4.78 is 39.4. The molecule has 0 atom stereocenters. The molecule has 8 nitrogen and oxygen atoms in total. The van der Waals surface area contributed by atoms with Crippen LogP contribution in [0.25, 0.3) is 28.0 Å². The van der Waals surface area contributed by atoms with Crippen molar-refractivity contribution in [2.24, 2.45) is 5.73 Å². The smallest absolute Gasteiger partial charge is 0.187 e. The van der Waals surface area contributed by atoms with Gasteiger partial charge in [0, 0.05) is 24.1 Å². The molecule has 3 N–H and O–H groups in total. The Morgan fingerprint density at radius 3 is 2.55 bits per heavy atom. The number of phenols is 1. The van der Waals surface area contributed by atoms with E-state index >= 15 is 0 Å². The highest BCUT2D eigenvalue weighted by Gasteiger charge is 2.13. The highest BCUT2D eigenvalue weighted by molar-refractivity contribution is 5.82. The van der Waals surface area contributed by atoms with Crippen LogP contribution in [-0.2, 0) is 4.74 Å². The Morgan fingerprint density at radius 2 is 1.77 bits per heavy atom. The molecule has 2 aromatic heterocycles. The molecule has 0 radical (unpaired) electrons. The molecule has 0 saturated carbocycles. The van der Waals surface area contributed by atoms with Crippen molar-refractivity contribution in [3.8, 4) is 28.6 Å². The Balaban J connectivity index is 1.52. The first-order valence-electron chi connectivity index (χ1n) is 9.47. The maximum Gasteiger partial charge on any atom is 0.187 e. The lowest BCUT2D eigenvalue weighted by molar-refractivity contribution is 0.106. The molecule has 0 unspecified atom stereocenters. The summed E-state index contributed by atoms with van der Waals surface area (Å²) in [6.07, 6.45) is 1.50. The number of aromatic nitrogens is 4. The molecule has 0 amide bonds. The van der Waals surface area contributed by atoms with E-state index in [1.807, 2.05) is 18.2 Å². The van der Waals surface area contributed by atoms with Crippen LogP contribution in [0.1, 0.15) is 0 Å². The first-order valence-corrected chi connectivity index (χ1v) is 9.47. The van der Waals surface area contributed by atoms with Gasteiger partial charge in [-0.1, -0.05) is 11.3 Å². The van der Waals surface area contributed by atoms with Gasteiger partial charge in [-0.15, -0.1) is 5.10 Å². The topological polar surface area (TPSA) is 108 Å². The average molecular weight is 427 g/mol. The summed E-state index contributed by atoms with van der Waals surface area (Å²) in [5.74, 6) is -2.51. The van der Waals surface area contributed by atoms with Gasteiger partial charge in [0.05, 0.1) is 36.3 Å². The van der Waals surface area contributed by atoms with E-state index < -0.39 is 17.4 Å². The van der Waals surface area contributed by atoms with Gasteiger partial charge in [0.2, 0.25) is 0 Å². The number of hydrogen-bond acceptors (Lipinski definition) is 7. The number of benzene rings is 2. The van der Waals surface area contributed by atoms with Crippen molar-refractivity contribution in [3.63, 3.8) is 0 Å². The molecule has 0 aliphatic rings. The lowest BCUT2D eigenvalue weighted by atomic mass is 10.2. The minimum atomic E-state index is -1.08. The normalized spacial score (nSPS) is 11.2. The number of halogens is 2. The summed E-state index contributed by atoms with van der Waals surface area (Å²) in [6.45, 7) is 1.84. The van der Waals surface area contributed by atoms with E-state index in [1.54, 1.807) is 12.1 Å². The fraction of sp³-hybridized carbons (Fsp3) is 0.190. The number of phenolic OH excluding ortho intramolecular Hbond substituents is 1. The molecule has 0 aliphatic carbocycles. The molecule has 160 valence electrons. The molecule has 10 heteroatoms. The second-order valence-corrected chi connectivity index (χ2v) is 6.61. The maximum atomic E-state index is 13.6. The number of fused-ring (bicyclic) bond motifs is 1. The minimum Gasteiger partial charge on any atom is -0.503 e. The minimum absolute atomic E-state index is 0.0876. The predicted octanol–water partition coefficient (Wildman–Crippen LogP) is 2.82. The quantitative estimate of drug-likeness (QED) is 0.416. The zero-order chi connectivity index (χ0) is 21.8. The molecule has 4 rings (SSSR count). The van der Waals surface area contributed by atoms with Crippen LogP contribution in [0.4, 0.5) is 8.78 Å². The largest absolute Gasteiger partial charge is 0.503 e. The van der Waals surface area contributed by atoms with Gasteiger partial charge in [-0.3, -0.25) is 0 Å². The van der Waals surface area contributed by atoms with Gasteiger partial charge >= 0.3 is 0 Å². The zero-order valence-corrected chi connectivity index (χ0v) is 16.3. The second-order valence-electron chi connectivity index (χ2n) is 6.61. The Labute approximate surface area is 175 Å². The Bertz CT molecular complexity index is 1190. The van der Waals surface area contributed by atoms with Gasteiger partial charge in [-0.25, -0.2) is 18.4 Å². The first kappa shape index (κ1) is 20.6. The Hall–Kier alpha value is -3.63. The maximum absolute atomic E-state index is 13.6.